The maximum absolute atomic E-state index is 11.8. The van der Waals surface area contributed by atoms with Crippen molar-refractivity contribution in [2.24, 2.45) is 0 Å². The second kappa shape index (κ2) is 5.74. The Morgan fingerprint density at radius 2 is 2.11 bits per heavy atom. The monoisotopic (exact) mass is 254 g/mol. The molecule has 0 atom stereocenters. The van der Waals surface area contributed by atoms with Gasteiger partial charge in [0.25, 0.3) is 0 Å². The zero-order valence-corrected chi connectivity index (χ0v) is 10.3. The minimum Gasteiger partial charge on any atom is -0.397 e. The third-order valence-corrected chi connectivity index (χ3v) is 2.76. The summed E-state index contributed by atoms with van der Waals surface area (Å²) in [5.74, 6) is -0.129. The van der Waals surface area contributed by atoms with Gasteiger partial charge in [-0.1, -0.05) is 12.1 Å². The van der Waals surface area contributed by atoms with E-state index in [1.54, 1.807) is 35.0 Å². The van der Waals surface area contributed by atoms with Crippen molar-refractivity contribution in [3.63, 3.8) is 0 Å². The SMILES string of the molecule is N#Cc1cccn1CCC(=O)Nc1ccccc1N. The number of benzene rings is 1. The Kier molecular flexibility index (Phi) is 3.84. The van der Waals surface area contributed by atoms with E-state index in [0.29, 0.717) is 23.6 Å². The number of aryl methyl sites for hydroxylation is 1. The summed E-state index contributed by atoms with van der Waals surface area (Å²) in [7, 11) is 0. The number of carbonyl (C=O) groups is 1. The number of aromatic nitrogens is 1. The first-order valence-electron chi connectivity index (χ1n) is 5.90. The Morgan fingerprint density at radius 3 is 2.84 bits per heavy atom. The van der Waals surface area contributed by atoms with E-state index in [1.165, 1.54) is 0 Å². The maximum atomic E-state index is 11.8. The number of nitrogens with two attached hydrogens (primary N) is 1. The molecular weight excluding hydrogens is 240 g/mol. The Balaban J connectivity index is 1.93. The fourth-order valence-electron chi connectivity index (χ4n) is 1.76. The summed E-state index contributed by atoms with van der Waals surface area (Å²) in [4.78, 5) is 11.8. The van der Waals surface area contributed by atoms with Crippen molar-refractivity contribution in [1.82, 2.24) is 4.57 Å². The van der Waals surface area contributed by atoms with Crippen molar-refractivity contribution >= 4 is 17.3 Å². The topological polar surface area (TPSA) is 83.8 Å². The summed E-state index contributed by atoms with van der Waals surface area (Å²) in [5, 5.41) is 11.6. The number of rotatable bonds is 4. The molecule has 0 radical (unpaired) electrons. The molecule has 3 N–H and O–H groups in total. The largest absolute Gasteiger partial charge is 0.397 e. The van der Waals surface area contributed by atoms with Gasteiger partial charge in [-0.05, 0) is 24.3 Å². The summed E-state index contributed by atoms with van der Waals surface area (Å²) in [6, 6.07) is 12.7. The van der Waals surface area contributed by atoms with E-state index in [2.05, 4.69) is 11.4 Å². The van der Waals surface area contributed by atoms with Crippen LogP contribution in [0.5, 0.6) is 0 Å². The van der Waals surface area contributed by atoms with Crippen LogP contribution in [0.1, 0.15) is 12.1 Å². The molecule has 1 aromatic carbocycles. The van der Waals surface area contributed by atoms with Gasteiger partial charge < -0.3 is 15.6 Å². The predicted octanol–water partition coefficient (Wildman–Crippen LogP) is 1.97. The first-order chi connectivity index (χ1) is 9.20. The van der Waals surface area contributed by atoms with Crippen LogP contribution in [-0.4, -0.2) is 10.5 Å². The first-order valence-corrected chi connectivity index (χ1v) is 5.90. The molecule has 0 spiro atoms. The van der Waals surface area contributed by atoms with Gasteiger partial charge in [-0.15, -0.1) is 0 Å². The molecule has 0 aliphatic carbocycles. The zero-order chi connectivity index (χ0) is 13.7. The third-order valence-electron chi connectivity index (χ3n) is 2.76. The number of nitrogen functional groups attached to an aromatic ring is 1. The van der Waals surface area contributed by atoms with Gasteiger partial charge in [0.05, 0.1) is 11.4 Å². The number of carbonyl (C=O) groups excluding carboxylic acids is 1. The van der Waals surface area contributed by atoms with Crippen LogP contribution >= 0.6 is 0 Å². The van der Waals surface area contributed by atoms with E-state index >= 15 is 0 Å². The molecular formula is C14H14N4O. The van der Waals surface area contributed by atoms with E-state index in [9.17, 15) is 4.79 Å². The third kappa shape index (κ3) is 3.13. The van der Waals surface area contributed by atoms with Crippen molar-refractivity contribution < 1.29 is 4.79 Å². The zero-order valence-electron chi connectivity index (χ0n) is 10.3. The van der Waals surface area contributed by atoms with Crippen LogP contribution in [0.15, 0.2) is 42.6 Å². The lowest BCUT2D eigenvalue weighted by Gasteiger charge is -2.08. The van der Waals surface area contributed by atoms with Gasteiger partial charge in [0.2, 0.25) is 5.91 Å². The van der Waals surface area contributed by atoms with Gasteiger partial charge in [-0.25, -0.2) is 0 Å². The second-order valence-corrected chi connectivity index (χ2v) is 4.08. The van der Waals surface area contributed by atoms with Crippen LogP contribution in [0, 0.1) is 11.3 Å². The lowest BCUT2D eigenvalue weighted by atomic mass is 10.2. The summed E-state index contributed by atoms with van der Waals surface area (Å²) < 4.78 is 1.74. The van der Waals surface area contributed by atoms with E-state index in [-0.39, 0.29) is 12.3 Å². The maximum Gasteiger partial charge on any atom is 0.226 e. The number of nitriles is 1. The van der Waals surface area contributed by atoms with Crippen LogP contribution in [0.25, 0.3) is 0 Å². The number of nitrogens with zero attached hydrogens (tertiary/aromatic N) is 2. The Morgan fingerprint density at radius 1 is 1.32 bits per heavy atom. The Hall–Kier alpha value is -2.74. The number of amides is 1. The molecule has 2 aromatic rings. The van der Waals surface area contributed by atoms with E-state index in [0.717, 1.165) is 0 Å². The number of anilines is 2. The molecule has 5 heteroatoms. The molecule has 2 rings (SSSR count). The molecule has 0 unspecified atom stereocenters. The van der Waals surface area contributed by atoms with E-state index in [4.69, 9.17) is 11.0 Å². The van der Waals surface area contributed by atoms with Gasteiger partial charge in [0, 0.05) is 19.2 Å². The predicted molar refractivity (Wildman–Crippen MR) is 73.2 cm³/mol. The highest BCUT2D eigenvalue weighted by Crippen LogP contribution is 2.16. The fraction of sp³-hybridized carbons (Fsp3) is 0.143. The summed E-state index contributed by atoms with van der Waals surface area (Å²) in [5.41, 5.74) is 7.44. The molecule has 1 aromatic heterocycles. The summed E-state index contributed by atoms with van der Waals surface area (Å²) >= 11 is 0. The second-order valence-electron chi connectivity index (χ2n) is 4.08. The molecule has 0 aliphatic heterocycles. The van der Waals surface area contributed by atoms with Crippen LogP contribution in [0.4, 0.5) is 11.4 Å². The van der Waals surface area contributed by atoms with Crippen molar-refractivity contribution in [3.8, 4) is 6.07 Å². The van der Waals surface area contributed by atoms with Crippen LogP contribution < -0.4 is 11.1 Å². The Labute approximate surface area is 111 Å². The van der Waals surface area contributed by atoms with Crippen molar-refractivity contribution in [2.75, 3.05) is 11.1 Å². The van der Waals surface area contributed by atoms with Crippen molar-refractivity contribution in [1.29, 1.82) is 5.26 Å². The highest BCUT2D eigenvalue weighted by molar-refractivity contribution is 5.93. The van der Waals surface area contributed by atoms with E-state index < -0.39 is 0 Å². The van der Waals surface area contributed by atoms with Gasteiger partial charge >= 0.3 is 0 Å². The molecule has 1 amide bonds. The average Bonchev–Trinajstić information content (AvgIpc) is 2.86. The summed E-state index contributed by atoms with van der Waals surface area (Å²) in [6.45, 7) is 0.467. The van der Waals surface area contributed by atoms with Crippen LogP contribution in [0.2, 0.25) is 0 Å². The molecule has 5 nitrogen and oxygen atoms in total. The number of para-hydroxylation sites is 2. The highest BCUT2D eigenvalue weighted by Gasteiger charge is 2.06. The standard InChI is InChI=1S/C14H14N4O/c15-10-11-4-3-8-18(11)9-7-14(19)17-13-6-2-1-5-12(13)16/h1-6,8H,7,9,16H2,(H,17,19). The first kappa shape index (κ1) is 12.7. The Bertz CT molecular complexity index is 624. The van der Waals surface area contributed by atoms with Gasteiger partial charge in [-0.2, -0.15) is 5.26 Å². The lowest BCUT2D eigenvalue weighted by Crippen LogP contribution is -2.15. The van der Waals surface area contributed by atoms with E-state index in [1.807, 2.05) is 12.1 Å². The molecule has 19 heavy (non-hydrogen) atoms. The minimum atomic E-state index is -0.129. The molecule has 1 heterocycles. The number of nitrogens with one attached hydrogen (secondary N) is 1. The van der Waals surface area contributed by atoms with Crippen LogP contribution in [-0.2, 0) is 11.3 Å². The van der Waals surface area contributed by atoms with Crippen molar-refractivity contribution in [2.45, 2.75) is 13.0 Å². The number of hydrogen-bond acceptors (Lipinski definition) is 3. The average molecular weight is 254 g/mol. The molecule has 0 aliphatic rings. The molecule has 0 fully saturated rings. The normalized spacial score (nSPS) is 9.84. The van der Waals surface area contributed by atoms with Crippen molar-refractivity contribution in [3.05, 3.63) is 48.3 Å². The van der Waals surface area contributed by atoms with Gasteiger partial charge in [0.1, 0.15) is 11.8 Å². The minimum absolute atomic E-state index is 0.129. The quantitative estimate of drug-likeness (QED) is 0.818. The van der Waals surface area contributed by atoms with Gasteiger partial charge in [-0.3, -0.25) is 4.79 Å². The number of hydrogen-bond donors (Lipinski definition) is 2. The van der Waals surface area contributed by atoms with Crippen LogP contribution in [0.3, 0.4) is 0 Å². The fourth-order valence-corrected chi connectivity index (χ4v) is 1.76. The molecule has 96 valence electrons. The smallest absolute Gasteiger partial charge is 0.226 e. The molecule has 0 saturated heterocycles. The van der Waals surface area contributed by atoms with Gasteiger partial charge in [0.15, 0.2) is 0 Å². The molecule has 0 bridgehead atoms. The molecule has 0 saturated carbocycles. The summed E-state index contributed by atoms with van der Waals surface area (Å²) in [6.07, 6.45) is 2.07. The lowest BCUT2D eigenvalue weighted by molar-refractivity contribution is -0.116. The highest BCUT2D eigenvalue weighted by atomic mass is 16.1.